The van der Waals surface area contributed by atoms with E-state index in [9.17, 15) is 4.79 Å². The summed E-state index contributed by atoms with van der Waals surface area (Å²) in [5.74, 6) is -0.0501. The van der Waals surface area contributed by atoms with E-state index in [4.69, 9.17) is 5.11 Å². The van der Waals surface area contributed by atoms with E-state index >= 15 is 0 Å². The SMILES string of the molecule is CC1=C(CC/C(C)=C\C(=O)O)[C@@]2(C)CCCC(C)(C)[C@@H]2CC1. The van der Waals surface area contributed by atoms with Gasteiger partial charge in [0.2, 0.25) is 0 Å². The highest BCUT2D eigenvalue weighted by molar-refractivity contribution is 5.80. The van der Waals surface area contributed by atoms with Gasteiger partial charge in [0.1, 0.15) is 0 Å². The minimum Gasteiger partial charge on any atom is -0.478 e. The molecular formula is C20H32O2. The molecule has 2 heteroatoms. The van der Waals surface area contributed by atoms with Crippen LogP contribution in [0.1, 0.15) is 79.6 Å². The highest BCUT2D eigenvalue weighted by Gasteiger charge is 2.49. The molecule has 0 heterocycles. The molecule has 1 fully saturated rings. The lowest BCUT2D eigenvalue weighted by atomic mass is 9.50. The van der Waals surface area contributed by atoms with Crippen molar-refractivity contribution in [1.82, 2.24) is 0 Å². The van der Waals surface area contributed by atoms with E-state index in [1.807, 2.05) is 6.92 Å². The number of aliphatic carboxylic acids is 1. The molecule has 1 N–H and O–H groups in total. The van der Waals surface area contributed by atoms with Gasteiger partial charge in [-0.15, -0.1) is 0 Å². The Kier molecular flexibility index (Phi) is 4.89. The molecule has 124 valence electrons. The topological polar surface area (TPSA) is 37.3 Å². The quantitative estimate of drug-likeness (QED) is 0.531. The summed E-state index contributed by atoms with van der Waals surface area (Å²) in [5, 5.41) is 8.89. The lowest BCUT2D eigenvalue weighted by Crippen LogP contribution is -2.45. The van der Waals surface area contributed by atoms with Gasteiger partial charge < -0.3 is 5.11 Å². The summed E-state index contributed by atoms with van der Waals surface area (Å²) in [6.45, 7) is 11.6. The Hall–Kier alpha value is -1.05. The van der Waals surface area contributed by atoms with Gasteiger partial charge in [-0.05, 0) is 69.1 Å². The number of fused-ring (bicyclic) bond motifs is 1. The number of carboxylic acids is 1. The average molecular weight is 304 g/mol. The van der Waals surface area contributed by atoms with Crippen LogP contribution in [0.15, 0.2) is 22.8 Å². The van der Waals surface area contributed by atoms with Crippen molar-refractivity contribution in [3.63, 3.8) is 0 Å². The standard InChI is InChI=1S/C20H32O2/c1-14(13-18(21)22)7-9-16-15(2)8-10-17-19(3,4)11-6-12-20(16,17)5/h13,17H,6-12H2,1-5H3,(H,21,22)/b14-13-/t17-,20+/m0/s1. The molecule has 22 heavy (non-hydrogen) atoms. The minimum absolute atomic E-state index is 0.327. The van der Waals surface area contributed by atoms with Crippen molar-refractivity contribution < 1.29 is 9.90 Å². The second-order valence-corrected chi connectivity index (χ2v) is 8.44. The third-order valence-corrected chi connectivity index (χ3v) is 6.38. The first-order chi connectivity index (χ1) is 10.2. The molecule has 2 atom stereocenters. The van der Waals surface area contributed by atoms with E-state index in [1.165, 1.54) is 38.2 Å². The predicted molar refractivity (Wildman–Crippen MR) is 91.8 cm³/mol. The first kappa shape index (κ1) is 17.3. The molecule has 0 radical (unpaired) electrons. The van der Waals surface area contributed by atoms with E-state index in [-0.39, 0.29) is 0 Å². The third kappa shape index (κ3) is 3.31. The van der Waals surface area contributed by atoms with Crippen molar-refractivity contribution in [3.8, 4) is 0 Å². The first-order valence-corrected chi connectivity index (χ1v) is 8.76. The molecule has 2 nitrogen and oxygen atoms in total. The summed E-state index contributed by atoms with van der Waals surface area (Å²) in [6.07, 6.45) is 9.78. The van der Waals surface area contributed by atoms with Gasteiger partial charge in [-0.1, -0.05) is 43.9 Å². The molecule has 2 aliphatic carbocycles. The molecule has 0 aliphatic heterocycles. The van der Waals surface area contributed by atoms with Gasteiger partial charge in [0.25, 0.3) is 0 Å². The lowest BCUT2D eigenvalue weighted by Gasteiger charge is -2.55. The second-order valence-electron chi connectivity index (χ2n) is 8.44. The molecule has 0 bridgehead atoms. The fourth-order valence-electron chi connectivity index (χ4n) is 5.30. The van der Waals surface area contributed by atoms with E-state index in [0.717, 1.165) is 24.3 Å². The van der Waals surface area contributed by atoms with E-state index in [1.54, 1.807) is 11.1 Å². The van der Waals surface area contributed by atoms with Crippen LogP contribution < -0.4 is 0 Å². The Morgan fingerprint density at radius 2 is 2.00 bits per heavy atom. The summed E-state index contributed by atoms with van der Waals surface area (Å²) < 4.78 is 0. The van der Waals surface area contributed by atoms with Crippen LogP contribution in [0.25, 0.3) is 0 Å². The van der Waals surface area contributed by atoms with Crippen LogP contribution in [0.3, 0.4) is 0 Å². The number of hydrogen-bond acceptors (Lipinski definition) is 1. The normalized spacial score (nSPS) is 31.9. The van der Waals surface area contributed by atoms with Gasteiger partial charge in [-0.25, -0.2) is 4.79 Å². The lowest BCUT2D eigenvalue weighted by molar-refractivity contribution is -0.131. The smallest absolute Gasteiger partial charge is 0.328 e. The molecule has 0 aromatic rings. The van der Waals surface area contributed by atoms with Crippen molar-refractivity contribution in [1.29, 1.82) is 0 Å². The summed E-state index contributed by atoms with van der Waals surface area (Å²) in [5.41, 5.74) is 4.95. The number of carbonyl (C=O) groups is 1. The maximum atomic E-state index is 10.8. The molecular weight excluding hydrogens is 272 g/mol. The van der Waals surface area contributed by atoms with E-state index in [2.05, 4.69) is 27.7 Å². The zero-order chi connectivity index (χ0) is 16.5. The molecule has 0 unspecified atom stereocenters. The Bertz CT molecular complexity index is 510. The Balaban J connectivity index is 2.23. The fourth-order valence-corrected chi connectivity index (χ4v) is 5.30. The van der Waals surface area contributed by atoms with Gasteiger partial charge >= 0.3 is 5.97 Å². The van der Waals surface area contributed by atoms with Crippen molar-refractivity contribution in [2.45, 2.75) is 79.6 Å². The maximum absolute atomic E-state index is 10.8. The summed E-state index contributed by atoms with van der Waals surface area (Å²) in [6, 6.07) is 0. The first-order valence-electron chi connectivity index (χ1n) is 8.76. The Labute approximate surface area is 135 Å². The molecule has 0 amide bonds. The maximum Gasteiger partial charge on any atom is 0.328 e. The van der Waals surface area contributed by atoms with Crippen molar-refractivity contribution >= 4 is 5.97 Å². The average Bonchev–Trinajstić information content (AvgIpc) is 2.35. The minimum atomic E-state index is -0.824. The second kappa shape index (κ2) is 6.22. The van der Waals surface area contributed by atoms with Crippen molar-refractivity contribution in [2.75, 3.05) is 0 Å². The fraction of sp³-hybridized carbons (Fsp3) is 0.750. The summed E-state index contributed by atoms with van der Waals surface area (Å²) in [7, 11) is 0. The molecule has 2 rings (SSSR count). The van der Waals surface area contributed by atoms with Crippen LogP contribution in [0.4, 0.5) is 0 Å². The van der Waals surface area contributed by atoms with Crippen LogP contribution in [0.5, 0.6) is 0 Å². The zero-order valence-corrected chi connectivity index (χ0v) is 15.0. The van der Waals surface area contributed by atoms with Gasteiger partial charge in [-0.2, -0.15) is 0 Å². The highest BCUT2D eigenvalue weighted by atomic mass is 16.4. The van der Waals surface area contributed by atoms with Gasteiger partial charge in [0, 0.05) is 6.08 Å². The zero-order valence-electron chi connectivity index (χ0n) is 15.0. The van der Waals surface area contributed by atoms with Gasteiger partial charge in [-0.3, -0.25) is 0 Å². The molecule has 0 saturated heterocycles. The van der Waals surface area contributed by atoms with Crippen molar-refractivity contribution in [3.05, 3.63) is 22.8 Å². The Morgan fingerprint density at radius 1 is 1.32 bits per heavy atom. The number of carboxylic acid groups (broad SMARTS) is 1. The molecule has 0 spiro atoms. The van der Waals surface area contributed by atoms with Crippen LogP contribution in [0, 0.1) is 16.7 Å². The largest absolute Gasteiger partial charge is 0.478 e. The molecule has 0 aromatic carbocycles. The number of rotatable bonds is 4. The van der Waals surface area contributed by atoms with Crippen molar-refractivity contribution in [2.24, 2.45) is 16.7 Å². The molecule has 0 aromatic heterocycles. The highest BCUT2D eigenvalue weighted by Crippen LogP contribution is 2.60. The monoisotopic (exact) mass is 304 g/mol. The summed E-state index contributed by atoms with van der Waals surface area (Å²) in [4.78, 5) is 10.8. The van der Waals surface area contributed by atoms with E-state index < -0.39 is 5.97 Å². The van der Waals surface area contributed by atoms with E-state index in [0.29, 0.717) is 10.8 Å². The van der Waals surface area contributed by atoms with Gasteiger partial charge in [0.05, 0.1) is 0 Å². The predicted octanol–water partition coefficient (Wildman–Crippen LogP) is 5.74. The van der Waals surface area contributed by atoms with Gasteiger partial charge in [0.15, 0.2) is 0 Å². The number of hydrogen-bond donors (Lipinski definition) is 1. The number of allylic oxidation sites excluding steroid dienone is 3. The Morgan fingerprint density at radius 3 is 2.64 bits per heavy atom. The van der Waals surface area contributed by atoms with Crippen LogP contribution in [0.2, 0.25) is 0 Å². The van der Waals surface area contributed by atoms with Crippen LogP contribution in [-0.2, 0) is 4.79 Å². The van der Waals surface area contributed by atoms with Crippen LogP contribution >= 0.6 is 0 Å². The third-order valence-electron chi connectivity index (χ3n) is 6.38. The molecule has 1 saturated carbocycles. The molecule has 2 aliphatic rings. The summed E-state index contributed by atoms with van der Waals surface area (Å²) >= 11 is 0. The van der Waals surface area contributed by atoms with Crippen LogP contribution in [-0.4, -0.2) is 11.1 Å².